The lowest BCUT2D eigenvalue weighted by Crippen LogP contribution is -2.10. The highest BCUT2D eigenvalue weighted by Crippen LogP contribution is 2.29. The Morgan fingerprint density at radius 1 is 1.40 bits per heavy atom. The van der Waals surface area contributed by atoms with E-state index in [0.29, 0.717) is 11.5 Å². The summed E-state index contributed by atoms with van der Waals surface area (Å²) >= 11 is 0. The van der Waals surface area contributed by atoms with Crippen molar-refractivity contribution in [1.82, 2.24) is 0 Å². The number of methoxy groups -OCH3 is 2. The minimum absolute atomic E-state index is 0.253. The molecule has 4 heteroatoms. The fourth-order valence-electron chi connectivity index (χ4n) is 1.34. The molecule has 4 nitrogen and oxygen atoms in total. The van der Waals surface area contributed by atoms with Gasteiger partial charge in [-0.25, -0.2) is 0 Å². The normalized spacial score (nSPS) is 11.6. The van der Waals surface area contributed by atoms with Crippen molar-refractivity contribution < 1.29 is 9.47 Å². The molecule has 1 atom stereocenters. The smallest absolute Gasteiger partial charge is 0.123 e. The summed E-state index contributed by atoms with van der Waals surface area (Å²) in [5.74, 6) is 1.39. The molecule has 0 radical (unpaired) electrons. The zero-order chi connectivity index (χ0) is 11.3. The van der Waals surface area contributed by atoms with Gasteiger partial charge in [-0.15, -0.1) is 0 Å². The van der Waals surface area contributed by atoms with Crippen molar-refractivity contribution in [2.75, 3.05) is 14.2 Å². The first-order valence-corrected chi connectivity index (χ1v) is 4.57. The number of hydrogen-bond acceptors (Lipinski definition) is 4. The maximum atomic E-state index is 8.59. The van der Waals surface area contributed by atoms with Gasteiger partial charge in [-0.1, -0.05) is 0 Å². The van der Waals surface area contributed by atoms with Gasteiger partial charge in [0, 0.05) is 11.6 Å². The number of nitrogens with zero attached hydrogens (tertiary/aromatic N) is 1. The Morgan fingerprint density at radius 2 is 2.13 bits per heavy atom. The van der Waals surface area contributed by atoms with E-state index in [-0.39, 0.29) is 12.5 Å². The summed E-state index contributed by atoms with van der Waals surface area (Å²) in [5.41, 5.74) is 6.64. The van der Waals surface area contributed by atoms with Crippen molar-refractivity contribution in [2.45, 2.75) is 12.5 Å². The first-order valence-electron chi connectivity index (χ1n) is 4.57. The van der Waals surface area contributed by atoms with Crippen LogP contribution in [0.3, 0.4) is 0 Å². The van der Waals surface area contributed by atoms with Crippen molar-refractivity contribution in [3.8, 4) is 17.6 Å². The van der Waals surface area contributed by atoms with Crippen LogP contribution in [0.1, 0.15) is 18.0 Å². The second-order valence-electron chi connectivity index (χ2n) is 3.08. The Hall–Kier alpha value is -1.73. The molecule has 0 spiro atoms. The van der Waals surface area contributed by atoms with E-state index in [1.165, 1.54) is 0 Å². The molecule has 0 heterocycles. The van der Waals surface area contributed by atoms with Crippen LogP contribution in [0.25, 0.3) is 0 Å². The van der Waals surface area contributed by atoms with Gasteiger partial charge in [-0.3, -0.25) is 0 Å². The van der Waals surface area contributed by atoms with Crippen molar-refractivity contribution in [1.29, 1.82) is 5.26 Å². The van der Waals surface area contributed by atoms with Gasteiger partial charge >= 0.3 is 0 Å². The zero-order valence-corrected chi connectivity index (χ0v) is 8.86. The molecule has 0 aliphatic carbocycles. The van der Waals surface area contributed by atoms with Crippen LogP contribution in [-0.2, 0) is 0 Å². The van der Waals surface area contributed by atoms with Gasteiger partial charge < -0.3 is 15.2 Å². The molecule has 0 saturated carbocycles. The Balaban J connectivity index is 3.06. The molecule has 2 N–H and O–H groups in total. The summed E-state index contributed by atoms with van der Waals surface area (Å²) in [4.78, 5) is 0. The molecule has 1 aromatic rings. The molecule has 0 unspecified atom stereocenters. The Kier molecular flexibility index (Phi) is 3.95. The largest absolute Gasteiger partial charge is 0.497 e. The third-order valence-electron chi connectivity index (χ3n) is 2.15. The molecule has 0 fully saturated rings. The summed E-state index contributed by atoms with van der Waals surface area (Å²) in [7, 11) is 3.16. The minimum Gasteiger partial charge on any atom is -0.497 e. The van der Waals surface area contributed by atoms with E-state index in [2.05, 4.69) is 0 Å². The van der Waals surface area contributed by atoms with Gasteiger partial charge in [0.05, 0.1) is 26.7 Å². The van der Waals surface area contributed by atoms with Gasteiger partial charge in [0.15, 0.2) is 0 Å². The van der Waals surface area contributed by atoms with Crippen LogP contribution in [0.5, 0.6) is 11.5 Å². The van der Waals surface area contributed by atoms with Crippen LogP contribution in [0, 0.1) is 11.3 Å². The van der Waals surface area contributed by atoms with Gasteiger partial charge in [-0.05, 0) is 18.2 Å². The number of nitriles is 1. The standard InChI is InChI=1S/C11H14N2O2/c1-14-8-3-4-11(15-2)9(7-8)10(13)5-6-12/h3-4,7,10H,5,13H2,1-2H3/t10-/m1/s1. The number of nitrogens with two attached hydrogens (primary N) is 1. The van der Waals surface area contributed by atoms with Crippen LogP contribution in [0.15, 0.2) is 18.2 Å². The van der Waals surface area contributed by atoms with Crippen molar-refractivity contribution in [3.63, 3.8) is 0 Å². The molecule has 0 amide bonds. The monoisotopic (exact) mass is 206 g/mol. The van der Waals surface area contributed by atoms with Crippen LogP contribution in [0.4, 0.5) is 0 Å². The lowest BCUT2D eigenvalue weighted by Gasteiger charge is -2.14. The van der Waals surface area contributed by atoms with Crippen LogP contribution < -0.4 is 15.2 Å². The van der Waals surface area contributed by atoms with Crippen LogP contribution in [0.2, 0.25) is 0 Å². The van der Waals surface area contributed by atoms with Gasteiger partial charge in [0.25, 0.3) is 0 Å². The van der Waals surface area contributed by atoms with E-state index in [9.17, 15) is 0 Å². The van der Waals surface area contributed by atoms with E-state index < -0.39 is 0 Å². The first kappa shape index (κ1) is 11.3. The molecule has 1 aromatic carbocycles. The number of hydrogen-bond donors (Lipinski definition) is 1. The van der Waals surface area contributed by atoms with E-state index >= 15 is 0 Å². The van der Waals surface area contributed by atoms with Gasteiger partial charge in [0.2, 0.25) is 0 Å². The molecule has 0 aliphatic rings. The topological polar surface area (TPSA) is 68.3 Å². The molecule has 0 aromatic heterocycles. The third-order valence-corrected chi connectivity index (χ3v) is 2.15. The predicted molar refractivity (Wildman–Crippen MR) is 56.7 cm³/mol. The van der Waals surface area contributed by atoms with Crippen molar-refractivity contribution in [3.05, 3.63) is 23.8 Å². The zero-order valence-electron chi connectivity index (χ0n) is 8.86. The lowest BCUT2D eigenvalue weighted by atomic mass is 10.0. The Labute approximate surface area is 89.2 Å². The minimum atomic E-state index is -0.347. The van der Waals surface area contributed by atoms with E-state index in [1.807, 2.05) is 6.07 Å². The van der Waals surface area contributed by atoms with Crippen molar-refractivity contribution >= 4 is 0 Å². The molecule has 0 aliphatic heterocycles. The summed E-state index contributed by atoms with van der Waals surface area (Å²) < 4.78 is 10.3. The van der Waals surface area contributed by atoms with E-state index in [4.69, 9.17) is 20.5 Å². The molecular weight excluding hydrogens is 192 g/mol. The van der Waals surface area contributed by atoms with E-state index in [0.717, 1.165) is 5.56 Å². The van der Waals surface area contributed by atoms with Crippen LogP contribution in [-0.4, -0.2) is 14.2 Å². The van der Waals surface area contributed by atoms with Gasteiger partial charge in [-0.2, -0.15) is 5.26 Å². The third kappa shape index (κ3) is 2.61. The second kappa shape index (κ2) is 5.23. The molecule has 15 heavy (non-hydrogen) atoms. The Morgan fingerprint density at radius 3 is 2.67 bits per heavy atom. The summed E-state index contributed by atoms with van der Waals surface area (Å²) in [6.45, 7) is 0. The SMILES string of the molecule is COc1ccc(OC)c([C@H](N)CC#N)c1. The average molecular weight is 206 g/mol. The summed E-state index contributed by atoms with van der Waals surface area (Å²) in [6, 6.07) is 7.05. The number of benzene rings is 1. The second-order valence-corrected chi connectivity index (χ2v) is 3.08. The molecule has 0 bridgehead atoms. The van der Waals surface area contributed by atoms with Crippen molar-refractivity contribution in [2.24, 2.45) is 5.73 Å². The molecule has 0 saturated heterocycles. The molecule has 1 rings (SSSR count). The average Bonchev–Trinajstić information content (AvgIpc) is 2.28. The van der Waals surface area contributed by atoms with Gasteiger partial charge in [0.1, 0.15) is 11.5 Å². The first-order chi connectivity index (χ1) is 7.22. The quantitative estimate of drug-likeness (QED) is 0.812. The predicted octanol–water partition coefficient (Wildman–Crippen LogP) is 1.62. The van der Waals surface area contributed by atoms with E-state index in [1.54, 1.807) is 32.4 Å². The van der Waals surface area contributed by atoms with Crippen LogP contribution >= 0.6 is 0 Å². The Bertz CT molecular complexity index is 371. The number of ether oxygens (including phenoxy) is 2. The summed E-state index contributed by atoms with van der Waals surface area (Å²) in [5, 5.41) is 8.59. The maximum Gasteiger partial charge on any atom is 0.123 e. The summed E-state index contributed by atoms with van der Waals surface area (Å²) in [6.07, 6.45) is 0.253. The highest BCUT2D eigenvalue weighted by atomic mass is 16.5. The molecule has 80 valence electrons. The highest BCUT2D eigenvalue weighted by molar-refractivity contribution is 5.42. The fraction of sp³-hybridized carbons (Fsp3) is 0.364. The maximum absolute atomic E-state index is 8.59. The number of rotatable bonds is 4. The highest BCUT2D eigenvalue weighted by Gasteiger charge is 2.12. The fourth-order valence-corrected chi connectivity index (χ4v) is 1.34. The molecular formula is C11H14N2O2. The lowest BCUT2D eigenvalue weighted by molar-refractivity contribution is 0.395.